The SMILES string of the molecule is CC/C=C(\C=C/C/C=C1\CCNC(=O)c2cc(F)cc(NC)c21)CNC. The first-order valence-corrected chi connectivity index (χ1v) is 9.09. The van der Waals surface area contributed by atoms with Crippen LogP contribution in [0.5, 0.6) is 0 Å². The molecule has 0 saturated carbocycles. The van der Waals surface area contributed by atoms with Crippen molar-refractivity contribution in [2.75, 3.05) is 32.5 Å². The summed E-state index contributed by atoms with van der Waals surface area (Å²) in [5, 5.41) is 9.03. The number of hydrogen-bond acceptors (Lipinski definition) is 3. The number of rotatable bonds is 7. The van der Waals surface area contributed by atoms with E-state index in [1.807, 2.05) is 7.05 Å². The van der Waals surface area contributed by atoms with Crippen molar-refractivity contribution < 1.29 is 9.18 Å². The van der Waals surface area contributed by atoms with Crippen LogP contribution in [0.25, 0.3) is 5.57 Å². The van der Waals surface area contributed by atoms with Crippen LogP contribution in [0.15, 0.2) is 42.0 Å². The van der Waals surface area contributed by atoms with Crippen LogP contribution in [0.1, 0.15) is 42.1 Å². The van der Waals surface area contributed by atoms with Crippen molar-refractivity contribution in [2.45, 2.75) is 26.2 Å². The van der Waals surface area contributed by atoms with Crippen molar-refractivity contribution in [3.63, 3.8) is 0 Å². The van der Waals surface area contributed by atoms with Gasteiger partial charge >= 0.3 is 0 Å². The maximum Gasteiger partial charge on any atom is 0.252 e. The molecule has 1 heterocycles. The van der Waals surface area contributed by atoms with Gasteiger partial charge in [0.25, 0.3) is 5.91 Å². The Hall–Kier alpha value is -2.40. The lowest BCUT2D eigenvalue weighted by atomic mass is 9.95. The molecule has 5 heteroatoms. The molecule has 0 spiro atoms. The van der Waals surface area contributed by atoms with E-state index in [1.54, 1.807) is 7.05 Å². The zero-order valence-electron chi connectivity index (χ0n) is 15.8. The Morgan fingerprint density at radius 2 is 2.15 bits per heavy atom. The smallest absolute Gasteiger partial charge is 0.252 e. The number of amides is 1. The van der Waals surface area contributed by atoms with Crippen molar-refractivity contribution in [3.05, 3.63) is 59.0 Å². The van der Waals surface area contributed by atoms with E-state index in [9.17, 15) is 9.18 Å². The summed E-state index contributed by atoms with van der Waals surface area (Å²) in [4.78, 5) is 12.3. The van der Waals surface area contributed by atoms with Gasteiger partial charge in [-0.2, -0.15) is 0 Å². The van der Waals surface area contributed by atoms with Crippen LogP contribution in [0.2, 0.25) is 0 Å². The molecule has 0 aromatic heterocycles. The Morgan fingerprint density at radius 1 is 1.35 bits per heavy atom. The molecule has 3 N–H and O–H groups in total. The molecular weight excluding hydrogens is 329 g/mol. The largest absolute Gasteiger partial charge is 0.388 e. The Kier molecular flexibility index (Phi) is 7.60. The molecule has 0 unspecified atom stereocenters. The predicted octanol–water partition coefficient (Wildman–Crippen LogP) is 3.89. The molecule has 2 rings (SSSR count). The zero-order valence-corrected chi connectivity index (χ0v) is 15.8. The van der Waals surface area contributed by atoms with Gasteiger partial charge in [-0.3, -0.25) is 4.79 Å². The second-order valence-electron chi connectivity index (χ2n) is 6.22. The third kappa shape index (κ3) is 5.05. The Labute approximate surface area is 155 Å². The lowest BCUT2D eigenvalue weighted by molar-refractivity contribution is 0.0955. The molecule has 1 aromatic carbocycles. The van der Waals surface area contributed by atoms with Gasteiger partial charge in [-0.25, -0.2) is 4.39 Å². The highest BCUT2D eigenvalue weighted by atomic mass is 19.1. The summed E-state index contributed by atoms with van der Waals surface area (Å²) in [5.74, 6) is -0.636. The van der Waals surface area contributed by atoms with Crippen LogP contribution >= 0.6 is 0 Å². The molecule has 140 valence electrons. The summed E-state index contributed by atoms with van der Waals surface area (Å²) in [7, 11) is 3.68. The van der Waals surface area contributed by atoms with Gasteiger partial charge in [-0.15, -0.1) is 0 Å². The van der Waals surface area contributed by atoms with E-state index in [1.165, 1.54) is 17.7 Å². The molecule has 0 atom stereocenters. The molecule has 1 aliphatic heterocycles. The van der Waals surface area contributed by atoms with Crippen molar-refractivity contribution in [2.24, 2.45) is 0 Å². The lowest BCUT2D eigenvalue weighted by Crippen LogP contribution is -2.22. The summed E-state index contributed by atoms with van der Waals surface area (Å²) in [6.07, 6.45) is 11.1. The number of carbonyl (C=O) groups excluding carboxylic acids is 1. The van der Waals surface area contributed by atoms with Gasteiger partial charge in [0.1, 0.15) is 5.82 Å². The van der Waals surface area contributed by atoms with Crippen LogP contribution < -0.4 is 16.0 Å². The third-order valence-corrected chi connectivity index (χ3v) is 4.30. The minimum Gasteiger partial charge on any atom is -0.388 e. The molecule has 1 aliphatic rings. The molecule has 0 radical (unpaired) electrons. The number of fused-ring (bicyclic) bond motifs is 1. The maximum absolute atomic E-state index is 13.9. The average Bonchev–Trinajstić information content (AvgIpc) is 2.77. The molecular formula is C21H28FN3O. The minimum absolute atomic E-state index is 0.225. The van der Waals surface area contributed by atoms with Gasteiger partial charge < -0.3 is 16.0 Å². The normalized spacial score (nSPS) is 16.5. The molecule has 0 bridgehead atoms. The Balaban J connectivity index is 2.30. The summed E-state index contributed by atoms with van der Waals surface area (Å²) in [6, 6.07) is 2.76. The molecule has 0 saturated heterocycles. The first-order valence-electron chi connectivity index (χ1n) is 9.09. The van der Waals surface area contributed by atoms with Crippen LogP contribution in [-0.2, 0) is 0 Å². The number of allylic oxidation sites excluding steroid dienone is 3. The van der Waals surface area contributed by atoms with E-state index in [0.29, 0.717) is 17.8 Å². The van der Waals surface area contributed by atoms with E-state index in [4.69, 9.17) is 0 Å². The van der Waals surface area contributed by atoms with Crippen molar-refractivity contribution in [1.29, 1.82) is 0 Å². The number of nitrogens with one attached hydrogen (secondary N) is 3. The van der Waals surface area contributed by atoms with Crippen LogP contribution in [-0.4, -0.2) is 33.1 Å². The van der Waals surface area contributed by atoms with Crippen molar-refractivity contribution >= 4 is 17.2 Å². The molecule has 26 heavy (non-hydrogen) atoms. The van der Waals surface area contributed by atoms with E-state index in [0.717, 1.165) is 36.9 Å². The van der Waals surface area contributed by atoms with Crippen LogP contribution in [0, 0.1) is 5.82 Å². The fourth-order valence-corrected chi connectivity index (χ4v) is 3.16. The molecule has 0 aliphatic carbocycles. The van der Waals surface area contributed by atoms with E-state index < -0.39 is 5.82 Å². The molecule has 4 nitrogen and oxygen atoms in total. The monoisotopic (exact) mass is 357 g/mol. The number of anilines is 1. The number of carbonyl (C=O) groups is 1. The highest BCUT2D eigenvalue weighted by Gasteiger charge is 2.22. The summed E-state index contributed by atoms with van der Waals surface area (Å²) in [6.45, 7) is 3.51. The van der Waals surface area contributed by atoms with E-state index >= 15 is 0 Å². The fraction of sp³-hybridized carbons (Fsp3) is 0.381. The number of halogens is 1. The summed E-state index contributed by atoms with van der Waals surface area (Å²) >= 11 is 0. The summed E-state index contributed by atoms with van der Waals surface area (Å²) in [5.41, 5.74) is 4.15. The first-order chi connectivity index (χ1) is 12.6. The van der Waals surface area contributed by atoms with Gasteiger partial charge in [-0.1, -0.05) is 31.2 Å². The predicted molar refractivity (Wildman–Crippen MR) is 107 cm³/mol. The quantitative estimate of drug-likeness (QED) is 0.649. The maximum atomic E-state index is 13.9. The van der Waals surface area contributed by atoms with Crippen LogP contribution in [0.4, 0.5) is 10.1 Å². The number of hydrogen-bond donors (Lipinski definition) is 3. The number of likely N-dealkylation sites (N-methyl/N-ethyl adjacent to an activating group) is 1. The highest BCUT2D eigenvalue weighted by Crippen LogP contribution is 2.33. The van der Waals surface area contributed by atoms with Crippen LogP contribution in [0.3, 0.4) is 0 Å². The standard InChI is InChI=1S/C21H28FN3O/c1-4-7-15(14-23-2)8-5-6-9-16-10-11-25-21(26)18-12-17(22)13-19(24-3)20(16)18/h5,7-9,12-13,23-24H,4,6,10-11,14H2,1-3H3,(H,25,26)/b8-5-,15-7+,16-9+. The highest BCUT2D eigenvalue weighted by molar-refractivity contribution is 6.02. The minimum atomic E-state index is -0.411. The van der Waals surface area contributed by atoms with Crippen molar-refractivity contribution in [3.8, 4) is 0 Å². The summed E-state index contributed by atoms with van der Waals surface area (Å²) < 4.78 is 13.9. The van der Waals surface area contributed by atoms with Gasteiger partial charge in [-0.05, 0) is 49.6 Å². The average molecular weight is 357 g/mol. The third-order valence-electron chi connectivity index (χ3n) is 4.30. The fourth-order valence-electron chi connectivity index (χ4n) is 3.16. The van der Waals surface area contributed by atoms with Gasteiger partial charge in [0.15, 0.2) is 0 Å². The molecule has 1 amide bonds. The van der Waals surface area contributed by atoms with Gasteiger partial charge in [0, 0.05) is 31.4 Å². The first kappa shape index (κ1) is 19.9. The lowest BCUT2D eigenvalue weighted by Gasteiger charge is -2.14. The topological polar surface area (TPSA) is 53.2 Å². The van der Waals surface area contributed by atoms with E-state index in [2.05, 4.69) is 47.2 Å². The zero-order chi connectivity index (χ0) is 18.9. The Bertz CT molecular complexity index is 735. The second kappa shape index (κ2) is 9.92. The van der Waals surface area contributed by atoms with E-state index in [-0.39, 0.29) is 5.91 Å². The molecule has 1 aromatic rings. The van der Waals surface area contributed by atoms with Gasteiger partial charge in [0.2, 0.25) is 0 Å². The van der Waals surface area contributed by atoms with Gasteiger partial charge in [0.05, 0.1) is 5.56 Å². The molecule has 0 fully saturated rings. The van der Waals surface area contributed by atoms with Crippen molar-refractivity contribution in [1.82, 2.24) is 10.6 Å². The second-order valence-corrected chi connectivity index (χ2v) is 6.22. The Morgan fingerprint density at radius 3 is 2.85 bits per heavy atom. The number of benzene rings is 1.